The summed E-state index contributed by atoms with van der Waals surface area (Å²) in [6, 6.07) is 0. The van der Waals surface area contributed by atoms with E-state index in [1.807, 2.05) is 20.8 Å². The van der Waals surface area contributed by atoms with Crippen LogP contribution in [0.15, 0.2) is 33.8 Å². The van der Waals surface area contributed by atoms with Gasteiger partial charge in [-0.05, 0) is 49.7 Å². The summed E-state index contributed by atoms with van der Waals surface area (Å²) in [6.45, 7) is 6.04. The SMILES string of the molecule is CCC(C)C(=O)OC1CCC(=NOCc2cnoc2)C2=CC(=O)C(C)C(CCC3C(=O)OCCC3O)C21. The predicted molar refractivity (Wildman–Crippen MR) is 131 cm³/mol. The van der Waals surface area contributed by atoms with E-state index in [2.05, 4.69) is 10.3 Å². The average Bonchev–Trinajstić information content (AvgIpc) is 3.40. The molecule has 1 aliphatic heterocycles. The summed E-state index contributed by atoms with van der Waals surface area (Å²) in [4.78, 5) is 43.7. The highest BCUT2D eigenvalue weighted by molar-refractivity contribution is 6.08. The largest absolute Gasteiger partial charge is 0.465 e. The normalized spacial score (nSPS) is 31.8. The molecule has 0 bridgehead atoms. The topological polar surface area (TPSA) is 138 Å². The molecule has 0 spiro atoms. The monoisotopic (exact) mass is 516 g/mol. The lowest BCUT2D eigenvalue weighted by Gasteiger charge is -2.44. The molecule has 1 saturated heterocycles. The summed E-state index contributed by atoms with van der Waals surface area (Å²) < 4.78 is 16.0. The number of esters is 2. The lowest BCUT2D eigenvalue weighted by atomic mass is 9.63. The fourth-order valence-electron chi connectivity index (χ4n) is 5.49. The fourth-order valence-corrected chi connectivity index (χ4v) is 5.49. The Morgan fingerprint density at radius 1 is 1.30 bits per heavy atom. The number of carbonyl (C=O) groups is 3. The number of allylic oxidation sites excluding steroid dienone is 1. The van der Waals surface area contributed by atoms with Gasteiger partial charge in [-0.2, -0.15) is 0 Å². The molecule has 7 unspecified atom stereocenters. The second-order valence-corrected chi connectivity index (χ2v) is 10.4. The van der Waals surface area contributed by atoms with E-state index in [-0.39, 0.29) is 48.6 Å². The second kappa shape index (κ2) is 12.0. The van der Waals surface area contributed by atoms with Gasteiger partial charge in [0.05, 0.1) is 42.0 Å². The highest BCUT2D eigenvalue weighted by Gasteiger charge is 2.47. The first-order chi connectivity index (χ1) is 17.8. The molecule has 37 heavy (non-hydrogen) atoms. The highest BCUT2D eigenvalue weighted by atomic mass is 16.6. The smallest absolute Gasteiger partial charge is 0.311 e. The van der Waals surface area contributed by atoms with Crippen molar-refractivity contribution in [1.82, 2.24) is 5.16 Å². The van der Waals surface area contributed by atoms with Crippen LogP contribution in [0.2, 0.25) is 0 Å². The number of oxime groups is 1. The third-order valence-corrected chi connectivity index (χ3v) is 8.02. The van der Waals surface area contributed by atoms with Gasteiger partial charge in [0.1, 0.15) is 19.0 Å². The molecular weight excluding hydrogens is 480 g/mol. The molecule has 4 rings (SSSR count). The molecule has 1 saturated carbocycles. The van der Waals surface area contributed by atoms with Gasteiger partial charge < -0.3 is 23.9 Å². The number of cyclic esters (lactones) is 1. The molecule has 2 fully saturated rings. The molecule has 2 aliphatic carbocycles. The Balaban J connectivity index is 1.59. The maximum atomic E-state index is 13.1. The molecule has 1 aromatic heterocycles. The molecule has 7 atom stereocenters. The highest BCUT2D eigenvalue weighted by Crippen LogP contribution is 2.45. The van der Waals surface area contributed by atoms with Gasteiger partial charge in [-0.25, -0.2) is 0 Å². The van der Waals surface area contributed by atoms with Gasteiger partial charge in [0.25, 0.3) is 0 Å². The molecule has 0 amide bonds. The number of ether oxygens (including phenoxy) is 2. The zero-order chi connectivity index (χ0) is 26.5. The van der Waals surface area contributed by atoms with Crippen molar-refractivity contribution in [2.24, 2.45) is 34.7 Å². The minimum absolute atomic E-state index is 0.0383. The first kappa shape index (κ1) is 27.0. The van der Waals surface area contributed by atoms with Crippen LogP contribution in [0.3, 0.4) is 0 Å². The number of fused-ring (bicyclic) bond motifs is 1. The van der Waals surface area contributed by atoms with Gasteiger partial charge in [-0.15, -0.1) is 0 Å². The zero-order valence-corrected chi connectivity index (χ0v) is 21.6. The van der Waals surface area contributed by atoms with Crippen LogP contribution in [-0.2, 0) is 35.3 Å². The molecule has 202 valence electrons. The van der Waals surface area contributed by atoms with E-state index in [9.17, 15) is 19.5 Å². The first-order valence-corrected chi connectivity index (χ1v) is 13.2. The number of aromatic nitrogens is 1. The number of carbonyl (C=O) groups excluding carboxylic acids is 3. The number of ketones is 1. The van der Waals surface area contributed by atoms with E-state index in [4.69, 9.17) is 18.8 Å². The second-order valence-electron chi connectivity index (χ2n) is 10.4. The van der Waals surface area contributed by atoms with Crippen molar-refractivity contribution in [3.05, 3.63) is 29.7 Å². The van der Waals surface area contributed by atoms with E-state index in [0.29, 0.717) is 44.2 Å². The van der Waals surface area contributed by atoms with Gasteiger partial charge in [0.15, 0.2) is 5.78 Å². The number of aliphatic hydroxyl groups is 1. The molecule has 0 aromatic carbocycles. The van der Waals surface area contributed by atoms with E-state index >= 15 is 0 Å². The van der Waals surface area contributed by atoms with Crippen molar-refractivity contribution in [2.45, 2.75) is 78.1 Å². The maximum absolute atomic E-state index is 13.1. The maximum Gasteiger partial charge on any atom is 0.311 e. The third kappa shape index (κ3) is 6.11. The van der Waals surface area contributed by atoms with Gasteiger partial charge in [0.2, 0.25) is 0 Å². The van der Waals surface area contributed by atoms with Crippen molar-refractivity contribution in [2.75, 3.05) is 6.61 Å². The van der Waals surface area contributed by atoms with Crippen LogP contribution in [0.1, 0.15) is 64.9 Å². The summed E-state index contributed by atoms with van der Waals surface area (Å²) in [5, 5.41) is 18.4. The fraction of sp³-hybridized carbons (Fsp3) is 0.667. The van der Waals surface area contributed by atoms with Crippen LogP contribution < -0.4 is 0 Å². The van der Waals surface area contributed by atoms with Crippen molar-refractivity contribution >= 4 is 23.4 Å². The summed E-state index contributed by atoms with van der Waals surface area (Å²) in [5.74, 6) is -2.38. The number of aliphatic hydroxyl groups excluding tert-OH is 1. The molecule has 10 nitrogen and oxygen atoms in total. The summed E-state index contributed by atoms with van der Waals surface area (Å²) in [6.07, 6.45) is 6.43. The Bertz CT molecular complexity index is 1030. The van der Waals surface area contributed by atoms with Gasteiger partial charge in [-0.1, -0.05) is 31.1 Å². The van der Waals surface area contributed by atoms with Crippen molar-refractivity contribution in [1.29, 1.82) is 0 Å². The quantitative estimate of drug-likeness (QED) is 0.387. The Kier molecular flexibility index (Phi) is 8.79. The minimum atomic E-state index is -0.765. The van der Waals surface area contributed by atoms with Gasteiger partial charge in [-0.3, -0.25) is 14.4 Å². The molecule has 2 heterocycles. The standard InChI is InChI=1S/C27H36N2O8/c1-4-15(2)26(32)37-24-8-7-21(29-36-14-17-12-28-35-13-17)20-11-23(31)16(3)18(25(20)24)5-6-19-22(30)9-10-34-27(19)33/h11-13,15-16,18-19,22,24-25,30H,4-10,14H2,1-3H3. The Morgan fingerprint density at radius 3 is 2.81 bits per heavy atom. The van der Waals surface area contributed by atoms with Crippen molar-refractivity contribution in [3.63, 3.8) is 0 Å². The third-order valence-electron chi connectivity index (χ3n) is 8.02. The van der Waals surface area contributed by atoms with E-state index in [0.717, 1.165) is 11.1 Å². The van der Waals surface area contributed by atoms with E-state index < -0.39 is 24.1 Å². The molecular formula is C27H36N2O8. The molecule has 0 radical (unpaired) electrons. The average molecular weight is 517 g/mol. The number of rotatable bonds is 9. The zero-order valence-electron chi connectivity index (χ0n) is 21.6. The molecule has 1 aromatic rings. The minimum Gasteiger partial charge on any atom is -0.465 e. The predicted octanol–water partition coefficient (Wildman–Crippen LogP) is 3.38. The van der Waals surface area contributed by atoms with Crippen LogP contribution in [0, 0.1) is 29.6 Å². The molecule has 1 N–H and O–H groups in total. The lowest BCUT2D eigenvalue weighted by molar-refractivity contribution is -0.161. The van der Waals surface area contributed by atoms with Crippen LogP contribution in [0.4, 0.5) is 0 Å². The number of nitrogens with zero attached hydrogens (tertiary/aromatic N) is 2. The summed E-state index contributed by atoms with van der Waals surface area (Å²) in [5.41, 5.74) is 2.10. The summed E-state index contributed by atoms with van der Waals surface area (Å²) >= 11 is 0. The van der Waals surface area contributed by atoms with Gasteiger partial charge >= 0.3 is 11.9 Å². The first-order valence-electron chi connectivity index (χ1n) is 13.2. The number of hydrogen-bond donors (Lipinski definition) is 1. The molecule has 10 heteroatoms. The van der Waals surface area contributed by atoms with Crippen LogP contribution >= 0.6 is 0 Å². The lowest BCUT2D eigenvalue weighted by Crippen LogP contribution is -2.47. The summed E-state index contributed by atoms with van der Waals surface area (Å²) in [7, 11) is 0. The van der Waals surface area contributed by atoms with E-state index in [1.165, 1.54) is 6.26 Å². The van der Waals surface area contributed by atoms with Crippen molar-refractivity contribution < 1.29 is 38.3 Å². The van der Waals surface area contributed by atoms with Gasteiger partial charge in [0, 0.05) is 18.3 Å². The number of hydrogen-bond acceptors (Lipinski definition) is 10. The Morgan fingerprint density at radius 2 is 2.11 bits per heavy atom. The van der Waals surface area contributed by atoms with Crippen molar-refractivity contribution in [3.8, 4) is 0 Å². The van der Waals surface area contributed by atoms with Crippen LogP contribution in [0.25, 0.3) is 0 Å². The Hall–Kier alpha value is -3.01. The Labute approximate surface area is 216 Å². The molecule has 3 aliphatic rings. The van der Waals surface area contributed by atoms with Crippen LogP contribution in [-0.4, -0.2) is 52.5 Å². The van der Waals surface area contributed by atoms with Crippen LogP contribution in [0.5, 0.6) is 0 Å². The van der Waals surface area contributed by atoms with E-state index in [1.54, 1.807) is 12.3 Å².